The van der Waals surface area contributed by atoms with Gasteiger partial charge in [0.05, 0.1) is 11.2 Å². The molecule has 0 aromatic carbocycles. The van der Waals surface area contributed by atoms with Gasteiger partial charge in [0.15, 0.2) is 0 Å². The molecular formula is C16H34N2O. The number of ether oxygens (including phenoxy) is 1. The molecule has 0 aromatic rings. The van der Waals surface area contributed by atoms with E-state index >= 15 is 0 Å². The van der Waals surface area contributed by atoms with Gasteiger partial charge in [-0.1, -0.05) is 20.3 Å². The second kappa shape index (κ2) is 6.55. The molecule has 1 N–H and O–H groups in total. The normalized spacial score (nSPS) is 29.1. The molecule has 0 amide bonds. The van der Waals surface area contributed by atoms with Gasteiger partial charge >= 0.3 is 0 Å². The van der Waals surface area contributed by atoms with Crippen LogP contribution in [-0.4, -0.2) is 48.8 Å². The van der Waals surface area contributed by atoms with Crippen molar-refractivity contribution in [2.75, 3.05) is 26.7 Å². The Morgan fingerprint density at radius 3 is 2.26 bits per heavy atom. The van der Waals surface area contributed by atoms with E-state index in [1.807, 2.05) is 0 Å². The maximum Gasteiger partial charge on any atom is 0.0790 e. The van der Waals surface area contributed by atoms with Crippen molar-refractivity contribution in [2.24, 2.45) is 5.92 Å². The van der Waals surface area contributed by atoms with Crippen LogP contribution in [-0.2, 0) is 4.74 Å². The molecule has 1 rings (SSSR count). The van der Waals surface area contributed by atoms with Crippen molar-refractivity contribution < 1.29 is 4.74 Å². The van der Waals surface area contributed by atoms with E-state index in [1.165, 1.54) is 19.4 Å². The number of hydrogen-bond acceptors (Lipinski definition) is 3. The fourth-order valence-corrected chi connectivity index (χ4v) is 3.49. The lowest BCUT2D eigenvalue weighted by molar-refractivity contribution is -0.0792. The quantitative estimate of drug-likeness (QED) is 0.770. The third kappa shape index (κ3) is 4.17. The monoisotopic (exact) mass is 270 g/mol. The predicted octanol–water partition coefficient (Wildman–Crippen LogP) is 2.90. The van der Waals surface area contributed by atoms with E-state index in [9.17, 15) is 0 Å². The summed E-state index contributed by atoms with van der Waals surface area (Å²) in [5.74, 6) is 0.532. The molecular weight excluding hydrogens is 236 g/mol. The van der Waals surface area contributed by atoms with E-state index in [4.69, 9.17) is 4.74 Å². The van der Waals surface area contributed by atoms with E-state index in [1.54, 1.807) is 0 Å². The Morgan fingerprint density at radius 1 is 1.11 bits per heavy atom. The lowest BCUT2D eigenvalue weighted by Crippen LogP contribution is -2.50. The molecule has 0 aromatic heterocycles. The molecule has 1 fully saturated rings. The minimum atomic E-state index is -0.0875. The Morgan fingerprint density at radius 2 is 1.74 bits per heavy atom. The summed E-state index contributed by atoms with van der Waals surface area (Å²) in [6.45, 7) is 16.6. The molecule has 0 radical (unpaired) electrons. The molecule has 1 saturated heterocycles. The Kier molecular flexibility index (Phi) is 5.84. The Hall–Kier alpha value is -0.120. The molecule has 3 heteroatoms. The van der Waals surface area contributed by atoms with Crippen molar-refractivity contribution in [1.82, 2.24) is 10.2 Å². The van der Waals surface area contributed by atoms with Gasteiger partial charge in [0.25, 0.3) is 0 Å². The maximum atomic E-state index is 6.33. The summed E-state index contributed by atoms with van der Waals surface area (Å²) in [6, 6.07) is 0.427. The van der Waals surface area contributed by atoms with Gasteiger partial charge < -0.3 is 15.0 Å². The highest BCUT2D eigenvalue weighted by molar-refractivity contribution is 5.05. The summed E-state index contributed by atoms with van der Waals surface area (Å²) in [5, 5.41) is 3.65. The van der Waals surface area contributed by atoms with Gasteiger partial charge in [-0.3, -0.25) is 0 Å². The first kappa shape index (κ1) is 16.9. The molecule has 0 saturated carbocycles. The highest BCUT2D eigenvalue weighted by atomic mass is 16.5. The minimum Gasteiger partial charge on any atom is -0.368 e. The number of likely N-dealkylation sites (N-methyl/N-ethyl adjacent to an activating group) is 1. The van der Waals surface area contributed by atoms with Crippen LogP contribution >= 0.6 is 0 Å². The molecule has 19 heavy (non-hydrogen) atoms. The molecule has 2 atom stereocenters. The average molecular weight is 270 g/mol. The minimum absolute atomic E-state index is 0.0587. The van der Waals surface area contributed by atoms with Crippen molar-refractivity contribution in [2.45, 2.75) is 71.6 Å². The third-order valence-electron chi connectivity index (χ3n) is 4.40. The molecule has 1 heterocycles. The summed E-state index contributed by atoms with van der Waals surface area (Å²) < 4.78 is 6.33. The largest absolute Gasteiger partial charge is 0.368 e. The topological polar surface area (TPSA) is 24.5 Å². The summed E-state index contributed by atoms with van der Waals surface area (Å²) in [7, 11) is 2.24. The molecule has 2 unspecified atom stereocenters. The van der Waals surface area contributed by atoms with Crippen LogP contribution in [0.15, 0.2) is 0 Å². The molecule has 0 aliphatic carbocycles. The summed E-state index contributed by atoms with van der Waals surface area (Å²) in [5.41, 5.74) is -0.146. The van der Waals surface area contributed by atoms with Crippen molar-refractivity contribution in [3.05, 3.63) is 0 Å². The second-order valence-corrected chi connectivity index (χ2v) is 7.07. The molecule has 1 aliphatic heterocycles. The first-order valence-corrected chi connectivity index (χ1v) is 7.86. The van der Waals surface area contributed by atoms with Gasteiger partial charge in [-0.2, -0.15) is 0 Å². The van der Waals surface area contributed by atoms with E-state index in [0.717, 1.165) is 13.1 Å². The van der Waals surface area contributed by atoms with E-state index in [0.29, 0.717) is 12.0 Å². The van der Waals surface area contributed by atoms with Crippen molar-refractivity contribution in [1.29, 1.82) is 0 Å². The number of nitrogens with zero attached hydrogens (tertiary/aromatic N) is 1. The lowest BCUT2D eigenvalue weighted by atomic mass is 9.82. The number of rotatable bonds is 7. The van der Waals surface area contributed by atoms with Crippen LogP contribution in [0.25, 0.3) is 0 Å². The third-order valence-corrected chi connectivity index (χ3v) is 4.40. The van der Waals surface area contributed by atoms with Gasteiger partial charge in [-0.05, 0) is 54.3 Å². The van der Waals surface area contributed by atoms with E-state index in [2.05, 4.69) is 58.8 Å². The first-order chi connectivity index (χ1) is 8.74. The van der Waals surface area contributed by atoms with Crippen LogP contribution in [0.2, 0.25) is 0 Å². The van der Waals surface area contributed by atoms with E-state index in [-0.39, 0.29) is 11.2 Å². The summed E-state index contributed by atoms with van der Waals surface area (Å²) in [6.07, 6.45) is 2.54. The molecule has 114 valence electrons. The Bertz CT molecular complexity index is 276. The zero-order valence-corrected chi connectivity index (χ0v) is 14.0. The lowest BCUT2D eigenvalue weighted by Gasteiger charge is -2.33. The number of nitrogens with one attached hydrogen (secondary N) is 1. The standard InChI is InChI=1S/C16H34N2O/c1-8-10-11-18(7)12-13-14(17-9-2)16(5,6)19-15(13,3)4/h13-14,17H,8-12H2,1-7H3. The highest BCUT2D eigenvalue weighted by Crippen LogP contribution is 2.42. The van der Waals surface area contributed by atoms with E-state index < -0.39 is 0 Å². The Balaban J connectivity index is 2.75. The SMILES string of the molecule is CCCCN(C)CC1C(NCC)C(C)(C)OC1(C)C. The van der Waals surface area contributed by atoms with Crippen molar-refractivity contribution >= 4 is 0 Å². The van der Waals surface area contributed by atoms with Crippen LogP contribution in [0, 0.1) is 5.92 Å². The summed E-state index contributed by atoms with van der Waals surface area (Å²) in [4.78, 5) is 2.46. The maximum absolute atomic E-state index is 6.33. The van der Waals surface area contributed by atoms with Gasteiger partial charge in [0, 0.05) is 18.5 Å². The van der Waals surface area contributed by atoms with Gasteiger partial charge in [-0.25, -0.2) is 0 Å². The van der Waals surface area contributed by atoms with Crippen LogP contribution in [0.5, 0.6) is 0 Å². The number of unbranched alkanes of at least 4 members (excludes halogenated alkanes) is 1. The smallest absolute Gasteiger partial charge is 0.0790 e. The van der Waals surface area contributed by atoms with Crippen LogP contribution in [0.4, 0.5) is 0 Å². The van der Waals surface area contributed by atoms with Gasteiger partial charge in [-0.15, -0.1) is 0 Å². The van der Waals surface area contributed by atoms with Crippen molar-refractivity contribution in [3.63, 3.8) is 0 Å². The zero-order chi connectivity index (χ0) is 14.7. The van der Waals surface area contributed by atoms with Gasteiger partial charge in [0.1, 0.15) is 0 Å². The fourth-order valence-electron chi connectivity index (χ4n) is 3.49. The first-order valence-electron chi connectivity index (χ1n) is 7.86. The van der Waals surface area contributed by atoms with Gasteiger partial charge in [0.2, 0.25) is 0 Å². The molecule has 0 bridgehead atoms. The van der Waals surface area contributed by atoms with Crippen LogP contribution < -0.4 is 5.32 Å². The zero-order valence-electron chi connectivity index (χ0n) is 14.0. The van der Waals surface area contributed by atoms with Crippen molar-refractivity contribution in [3.8, 4) is 0 Å². The molecule has 0 spiro atoms. The average Bonchev–Trinajstić information content (AvgIpc) is 2.45. The van der Waals surface area contributed by atoms with Crippen LogP contribution in [0.3, 0.4) is 0 Å². The highest BCUT2D eigenvalue weighted by Gasteiger charge is 2.53. The number of hydrogen-bond donors (Lipinski definition) is 1. The molecule has 1 aliphatic rings. The molecule has 3 nitrogen and oxygen atoms in total. The fraction of sp³-hybridized carbons (Fsp3) is 1.00. The Labute approximate surface area is 120 Å². The summed E-state index contributed by atoms with van der Waals surface area (Å²) >= 11 is 0. The van der Waals surface area contributed by atoms with Crippen LogP contribution in [0.1, 0.15) is 54.4 Å². The predicted molar refractivity (Wildman–Crippen MR) is 82.6 cm³/mol. The second-order valence-electron chi connectivity index (χ2n) is 7.07.